The van der Waals surface area contributed by atoms with E-state index in [0.29, 0.717) is 5.89 Å². The maximum absolute atomic E-state index is 5.32. The van der Waals surface area contributed by atoms with Gasteiger partial charge in [0.15, 0.2) is 0 Å². The Morgan fingerprint density at radius 3 is 2.92 bits per heavy atom. The summed E-state index contributed by atoms with van der Waals surface area (Å²) in [5.41, 5.74) is 1.73. The van der Waals surface area contributed by atoms with Gasteiger partial charge < -0.3 is 28.4 Å². The summed E-state index contributed by atoms with van der Waals surface area (Å²) in [4.78, 5) is 4.21. The van der Waals surface area contributed by atoms with E-state index in [4.69, 9.17) is 4.42 Å². The molecule has 0 unspecified atom stereocenters. The second-order valence-corrected chi connectivity index (χ2v) is 2.54. The fourth-order valence-electron chi connectivity index (χ4n) is 1.12. The molecule has 0 saturated carbocycles. The standard InChI is InChI=1S/C8H9N2O.HI/c1-6-9-8-7(11-6)4-3-5-10(8)2;/h3-5H,1-2H3;1H/q+1;/p-1. The third-order valence-electron chi connectivity index (χ3n) is 1.63. The Morgan fingerprint density at radius 1 is 1.50 bits per heavy atom. The molecule has 2 rings (SSSR count). The first-order valence-corrected chi connectivity index (χ1v) is 3.49. The van der Waals surface area contributed by atoms with Crippen LogP contribution >= 0.6 is 0 Å². The highest BCUT2D eigenvalue weighted by Crippen LogP contribution is 2.08. The van der Waals surface area contributed by atoms with Gasteiger partial charge in [0.2, 0.25) is 5.58 Å². The first kappa shape index (κ1) is 9.44. The molecule has 0 atom stereocenters. The third kappa shape index (κ3) is 1.43. The number of aryl methyl sites for hydroxylation is 2. The van der Waals surface area contributed by atoms with E-state index in [-0.39, 0.29) is 24.0 Å². The molecule has 0 aliphatic rings. The quantitative estimate of drug-likeness (QED) is 0.410. The van der Waals surface area contributed by atoms with E-state index >= 15 is 0 Å². The fourth-order valence-corrected chi connectivity index (χ4v) is 1.12. The van der Waals surface area contributed by atoms with Crippen molar-refractivity contribution in [1.29, 1.82) is 0 Å². The van der Waals surface area contributed by atoms with Crippen molar-refractivity contribution in [3.05, 3.63) is 24.2 Å². The Kier molecular flexibility index (Phi) is 2.66. The molecule has 64 valence electrons. The average Bonchev–Trinajstić information content (AvgIpc) is 2.31. The molecule has 0 aromatic carbocycles. The van der Waals surface area contributed by atoms with E-state index in [1.807, 2.05) is 36.9 Å². The smallest absolute Gasteiger partial charge is 0.369 e. The van der Waals surface area contributed by atoms with E-state index in [0.717, 1.165) is 11.2 Å². The van der Waals surface area contributed by atoms with Crippen molar-refractivity contribution in [1.82, 2.24) is 4.98 Å². The number of halogens is 1. The molecule has 2 aromatic heterocycles. The molecule has 2 aromatic rings. The summed E-state index contributed by atoms with van der Waals surface area (Å²) in [7, 11) is 1.95. The Balaban J connectivity index is 0.000000720. The molecular formula is C8H9IN2O. The Labute approximate surface area is 87.4 Å². The zero-order valence-corrected chi connectivity index (χ0v) is 9.07. The molecule has 2 heterocycles. The third-order valence-corrected chi connectivity index (χ3v) is 1.63. The van der Waals surface area contributed by atoms with Crippen LogP contribution in [-0.4, -0.2) is 4.98 Å². The minimum absolute atomic E-state index is 0. The van der Waals surface area contributed by atoms with E-state index in [1.54, 1.807) is 0 Å². The van der Waals surface area contributed by atoms with Crippen molar-refractivity contribution >= 4 is 11.2 Å². The lowest BCUT2D eigenvalue weighted by atomic mass is 10.4. The van der Waals surface area contributed by atoms with Crippen LogP contribution in [0, 0.1) is 6.92 Å². The second kappa shape index (κ2) is 3.38. The molecule has 0 N–H and O–H groups in total. The lowest BCUT2D eigenvalue weighted by molar-refractivity contribution is -0.646. The SMILES string of the molecule is Cc1nc2c(ccc[n+]2C)o1.[I-]. The summed E-state index contributed by atoms with van der Waals surface area (Å²) < 4.78 is 7.25. The number of pyridine rings is 1. The maximum Gasteiger partial charge on any atom is 0.369 e. The molecule has 0 radical (unpaired) electrons. The number of nitrogens with zero attached hydrogens (tertiary/aromatic N) is 2. The Hall–Kier alpha value is -0.650. The van der Waals surface area contributed by atoms with Crippen molar-refractivity contribution in [3.8, 4) is 0 Å². The first-order valence-electron chi connectivity index (χ1n) is 3.49. The van der Waals surface area contributed by atoms with Crippen LogP contribution < -0.4 is 28.5 Å². The van der Waals surface area contributed by atoms with E-state index in [1.165, 1.54) is 0 Å². The van der Waals surface area contributed by atoms with Gasteiger partial charge in [0.05, 0.1) is 13.2 Å². The van der Waals surface area contributed by atoms with Gasteiger partial charge in [0.1, 0.15) is 0 Å². The van der Waals surface area contributed by atoms with Crippen LogP contribution in [0.2, 0.25) is 0 Å². The lowest BCUT2D eigenvalue weighted by Gasteiger charge is -1.85. The zero-order valence-electron chi connectivity index (χ0n) is 6.91. The van der Waals surface area contributed by atoms with Gasteiger partial charge in [-0.15, -0.1) is 0 Å². The minimum Gasteiger partial charge on any atom is -1.00 e. The number of hydrogen-bond acceptors (Lipinski definition) is 2. The van der Waals surface area contributed by atoms with Crippen molar-refractivity contribution in [3.63, 3.8) is 0 Å². The topological polar surface area (TPSA) is 29.9 Å². The predicted octanol–water partition coefficient (Wildman–Crippen LogP) is -2.04. The van der Waals surface area contributed by atoms with Gasteiger partial charge in [-0.05, 0) is 17.1 Å². The first-order chi connectivity index (χ1) is 5.27. The summed E-state index contributed by atoms with van der Waals surface area (Å²) in [5.74, 6) is 0.710. The molecule has 3 nitrogen and oxygen atoms in total. The van der Waals surface area contributed by atoms with Gasteiger partial charge in [0, 0.05) is 6.92 Å². The molecule has 0 fully saturated rings. The Morgan fingerprint density at radius 2 is 2.25 bits per heavy atom. The molecule has 4 heteroatoms. The molecule has 0 bridgehead atoms. The fraction of sp³-hybridized carbons (Fsp3) is 0.250. The van der Waals surface area contributed by atoms with Gasteiger partial charge in [-0.2, -0.15) is 0 Å². The van der Waals surface area contributed by atoms with Crippen LogP contribution in [0.25, 0.3) is 11.2 Å². The normalized spacial score (nSPS) is 9.83. The summed E-state index contributed by atoms with van der Waals surface area (Å²) in [5, 5.41) is 0. The van der Waals surface area contributed by atoms with Gasteiger partial charge in [-0.1, -0.05) is 0 Å². The van der Waals surface area contributed by atoms with Crippen molar-refractivity contribution in [2.75, 3.05) is 0 Å². The maximum atomic E-state index is 5.32. The zero-order chi connectivity index (χ0) is 7.84. The summed E-state index contributed by atoms with van der Waals surface area (Å²) in [6.07, 6.45) is 1.95. The van der Waals surface area contributed by atoms with Gasteiger partial charge in [-0.25, -0.2) is 4.57 Å². The van der Waals surface area contributed by atoms with Gasteiger partial charge >= 0.3 is 11.5 Å². The highest BCUT2D eigenvalue weighted by atomic mass is 127. The van der Waals surface area contributed by atoms with Crippen LogP contribution in [0.15, 0.2) is 22.7 Å². The monoisotopic (exact) mass is 276 g/mol. The lowest BCUT2D eigenvalue weighted by Crippen LogP contribution is -3.00. The van der Waals surface area contributed by atoms with Crippen molar-refractivity contribution in [2.45, 2.75) is 6.92 Å². The minimum atomic E-state index is 0. The number of oxazole rings is 1. The van der Waals surface area contributed by atoms with Gasteiger partial charge in [-0.3, -0.25) is 0 Å². The number of aromatic nitrogens is 2. The van der Waals surface area contributed by atoms with E-state index in [9.17, 15) is 0 Å². The van der Waals surface area contributed by atoms with Crippen LogP contribution in [0.4, 0.5) is 0 Å². The summed E-state index contributed by atoms with van der Waals surface area (Å²) in [6.45, 7) is 1.85. The van der Waals surface area contributed by atoms with Crippen LogP contribution in [0.3, 0.4) is 0 Å². The predicted molar refractivity (Wildman–Crippen MR) is 39.9 cm³/mol. The van der Waals surface area contributed by atoms with E-state index < -0.39 is 0 Å². The number of hydrogen-bond donors (Lipinski definition) is 0. The van der Waals surface area contributed by atoms with Crippen LogP contribution in [0.1, 0.15) is 5.89 Å². The summed E-state index contributed by atoms with van der Waals surface area (Å²) >= 11 is 0. The van der Waals surface area contributed by atoms with Crippen LogP contribution in [-0.2, 0) is 7.05 Å². The molecule has 12 heavy (non-hydrogen) atoms. The number of rotatable bonds is 0. The highest BCUT2D eigenvalue weighted by molar-refractivity contribution is 5.63. The number of fused-ring (bicyclic) bond motifs is 1. The summed E-state index contributed by atoms with van der Waals surface area (Å²) in [6, 6.07) is 3.85. The second-order valence-electron chi connectivity index (χ2n) is 2.54. The molecule has 0 saturated heterocycles. The van der Waals surface area contributed by atoms with Crippen molar-refractivity contribution in [2.24, 2.45) is 7.05 Å². The Bertz CT molecular complexity index is 397. The van der Waals surface area contributed by atoms with E-state index in [2.05, 4.69) is 4.98 Å². The molecule has 0 spiro atoms. The van der Waals surface area contributed by atoms with Crippen molar-refractivity contribution < 1.29 is 33.0 Å². The molecule has 0 aliphatic heterocycles. The van der Waals surface area contributed by atoms with Crippen LogP contribution in [0.5, 0.6) is 0 Å². The molecule has 0 amide bonds. The highest BCUT2D eigenvalue weighted by Gasteiger charge is 2.11. The molecular weight excluding hydrogens is 267 g/mol. The molecule has 0 aliphatic carbocycles. The van der Waals surface area contributed by atoms with Gasteiger partial charge in [0.25, 0.3) is 0 Å². The largest absolute Gasteiger partial charge is 1.00 e. The average molecular weight is 276 g/mol.